The Balaban J connectivity index is 1.85. The zero-order valence-electron chi connectivity index (χ0n) is 10.1. The molecule has 100 valence electrons. The van der Waals surface area contributed by atoms with E-state index in [2.05, 4.69) is 4.90 Å². The molecule has 1 atom stereocenters. The van der Waals surface area contributed by atoms with E-state index in [-0.39, 0.29) is 12.6 Å². The monoisotopic (exact) mass is 289 g/mol. The summed E-state index contributed by atoms with van der Waals surface area (Å²) in [4.78, 5) is 2.24. The van der Waals surface area contributed by atoms with E-state index in [0.29, 0.717) is 22.4 Å². The summed E-state index contributed by atoms with van der Waals surface area (Å²) in [6, 6.07) is 5.58. The fraction of sp³-hybridized carbons (Fsp3) is 0.538. The molecule has 1 aliphatic rings. The molecule has 0 radical (unpaired) electrons. The highest BCUT2D eigenvalue weighted by Crippen LogP contribution is 2.32. The number of nitrogens with zero attached hydrogens (tertiary/aromatic N) is 1. The highest BCUT2D eigenvalue weighted by molar-refractivity contribution is 6.37. The molecule has 1 saturated heterocycles. The SMILES string of the molecule is OC[C@@H]1CCCN1CCOc1c(Cl)cccc1Cl. The minimum atomic E-state index is 0.215. The Morgan fingerprint density at radius 1 is 1.33 bits per heavy atom. The second-order valence-corrected chi connectivity index (χ2v) is 5.23. The van der Waals surface area contributed by atoms with Gasteiger partial charge in [0, 0.05) is 12.6 Å². The van der Waals surface area contributed by atoms with Crippen molar-refractivity contribution in [2.24, 2.45) is 0 Å². The highest BCUT2D eigenvalue weighted by Gasteiger charge is 2.23. The average molecular weight is 290 g/mol. The molecule has 0 amide bonds. The second kappa shape index (κ2) is 6.62. The molecule has 0 saturated carbocycles. The first kappa shape index (κ1) is 13.9. The van der Waals surface area contributed by atoms with E-state index in [0.717, 1.165) is 25.9 Å². The summed E-state index contributed by atoms with van der Waals surface area (Å²) < 4.78 is 5.64. The van der Waals surface area contributed by atoms with Crippen LogP contribution in [0.25, 0.3) is 0 Å². The second-order valence-electron chi connectivity index (χ2n) is 4.41. The van der Waals surface area contributed by atoms with E-state index >= 15 is 0 Å². The third kappa shape index (κ3) is 3.29. The molecule has 1 fully saturated rings. The molecule has 1 heterocycles. The maximum Gasteiger partial charge on any atom is 0.156 e. The van der Waals surface area contributed by atoms with E-state index in [1.54, 1.807) is 18.2 Å². The quantitative estimate of drug-likeness (QED) is 0.905. The Kier molecular flexibility index (Phi) is 5.13. The van der Waals surface area contributed by atoms with Crippen LogP contribution >= 0.6 is 23.2 Å². The standard InChI is InChI=1S/C13H17Cl2NO2/c14-11-4-1-5-12(15)13(11)18-8-7-16-6-2-3-10(16)9-17/h1,4-5,10,17H,2-3,6-9H2/t10-/m0/s1. The van der Waals surface area contributed by atoms with E-state index in [1.807, 2.05) is 0 Å². The smallest absolute Gasteiger partial charge is 0.156 e. The summed E-state index contributed by atoms with van der Waals surface area (Å²) in [5.41, 5.74) is 0. The number of likely N-dealkylation sites (tertiary alicyclic amines) is 1. The van der Waals surface area contributed by atoms with Crippen molar-refractivity contribution in [3.05, 3.63) is 28.2 Å². The van der Waals surface area contributed by atoms with Crippen LogP contribution in [0.15, 0.2) is 18.2 Å². The van der Waals surface area contributed by atoms with Crippen molar-refractivity contribution in [1.29, 1.82) is 0 Å². The lowest BCUT2D eigenvalue weighted by molar-refractivity contribution is 0.139. The maximum atomic E-state index is 9.22. The largest absolute Gasteiger partial charge is 0.489 e. The molecule has 2 rings (SSSR count). The zero-order valence-corrected chi connectivity index (χ0v) is 11.6. The van der Waals surface area contributed by atoms with Crippen LogP contribution < -0.4 is 4.74 Å². The lowest BCUT2D eigenvalue weighted by Gasteiger charge is -2.22. The Hall–Kier alpha value is -0.480. The number of hydrogen-bond acceptors (Lipinski definition) is 3. The van der Waals surface area contributed by atoms with Gasteiger partial charge in [-0.2, -0.15) is 0 Å². The molecule has 0 aromatic heterocycles. The number of halogens is 2. The molecule has 1 aromatic carbocycles. The van der Waals surface area contributed by atoms with Gasteiger partial charge in [0.1, 0.15) is 6.61 Å². The molecule has 3 nitrogen and oxygen atoms in total. The van der Waals surface area contributed by atoms with Crippen molar-refractivity contribution < 1.29 is 9.84 Å². The van der Waals surface area contributed by atoms with E-state index < -0.39 is 0 Å². The van der Waals surface area contributed by atoms with Crippen LogP contribution in [0, 0.1) is 0 Å². The Bertz CT molecular complexity index is 380. The normalized spacial score (nSPS) is 20.3. The molecule has 1 N–H and O–H groups in total. The first-order chi connectivity index (χ1) is 8.72. The number of benzene rings is 1. The van der Waals surface area contributed by atoms with Crippen molar-refractivity contribution in [2.45, 2.75) is 18.9 Å². The third-order valence-electron chi connectivity index (χ3n) is 3.25. The molecule has 0 spiro atoms. The first-order valence-electron chi connectivity index (χ1n) is 6.14. The minimum absolute atomic E-state index is 0.215. The van der Waals surface area contributed by atoms with Crippen LogP contribution in [0.5, 0.6) is 5.75 Å². The van der Waals surface area contributed by atoms with E-state index in [4.69, 9.17) is 27.9 Å². The highest BCUT2D eigenvalue weighted by atomic mass is 35.5. The topological polar surface area (TPSA) is 32.7 Å². The molecule has 1 aromatic rings. The predicted molar refractivity (Wildman–Crippen MR) is 73.6 cm³/mol. The van der Waals surface area contributed by atoms with Crippen molar-refractivity contribution in [3.63, 3.8) is 0 Å². The molecule has 18 heavy (non-hydrogen) atoms. The fourth-order valence-electron chi connectivity index (χ4n) is 2.28. The summed E-state index contributed by atoms with van der Waals surface area (Å²) in [5, 5.41) is 10.3. The summed E-state index contributed by atoms with van der Waals surface area (Å²) in [5.74, 6) is 0.542. The van der Waals surface area contributed by atoms with Crippen LogP contribution in [0.3, 0.4) is 0 Å². The summed E-state index contributed by atoms with van der Waals surface area (Å²) >= 11 is 12.0. The fourth-order valence-corrected chi connectivity index (χ4v) is 2.79. The van der Waals surface area contributed by atoms with Crippen LogP contribution in [-0.2, 0) is 0 Å². The number of aliphatic hydroxyl groups excluding tert-OH is 1. The Labute approximate surface area is 117 Å². The summed E-state index contributed by atoms with van der Waals surface area (Å²) in [7, 11) is 0. The molecule has 0 aliphatic carbocycles. The van der Waals surface area contributed by atoms with Crippen LogP contribution in [0.1, 0.15) is 12.8 Å². The van der Waals surface area contributed by atoms with Gasteiger partial charge in [-0.1, -0.05) is 29.3 Å². The van der Waals surface area contributed by atoms with Crippen molar-refractivity contribution >= 4 is 23.2 Å². The number of aliphatic hydroxyl groups is 1. The van der Waals surface area contributed by atoms with Gasteiger partial charge in [-0.15, -0.1) is 0 Å². The number of hydrogen-bond donors (Lipinski definition) is 1. The minimum Gasteiger partial charge on any atom is -0.489 e. The van der Waals surface area contributed by atoms with Crippen LogP contribution in [0.2, 0.25) is 10.0 Å². The Morgan fingerprint density at radius 3 is 2.72 bits per heavy atom. The predicted octanol–water partition coefficient (Wildman–Crippen LogP) is 2.83. The molecule has 5 heteroatoms. The number of para-hydroxylation sites is 1. The van der Waals surface area contributed by atoms with Crippen molar-refractivity contribution in [2.75, 3.05) is 26.3 Å². The van der Waals surface area contributed by atoms with Gasteiger partial charge < -0.3 is 9.84 Å². The third-order valence-corrected chi connectivity index (χ3v) is 3.85. The Morgan fingerprint density at radius 2 is 2.06 bits per heavy atom. The van der Waals surface area contributed by atoms with Gasteiger partial charge in [0.15, 0.2) is 5.75 Å². The first-order valence-corrected chi connectivity index (χ1v) is 6.89. The van der Waals surface area contributed by atoms with Crippen LogP contribution in [-0.4, -0.2) is 42.4 Å². The maximum absolute atomic E-state index is 9.22. The van der Waals surface area contributed by atoms with Crippen LogP contribution in [0.4, 0.5) is 0 Å². The van der Waals surface area contributed by atoms with Crippen molar-refractivity contribution in [3.8, 4) is 5.75 Å². The number of rotatable bonds is 5. The van der Waals surface area contributed by atoms with E-state index in [9.17, 15) is 5.11 Å². The molecule has 0 unspecified atom stereocenters. The molecular formula is C13H17Cl2NO2. The van der Waals surface area contributed by atoms with Gasteiger partial charge >= 0.3 is 0 Å². The van der Waals surface area contributed by atoms with Gasteiger partial charge in [0.05, 0.1) is 16.7 Å². The van der Waals surface area contributed by atoms with Gasteiger partial charge in [-0.25, -0.2) is 0 Å². The van der Waals surface area contributed by atoms with E-state index in [1.165, 1.54) is 0 Å². The lowest BCUT2D eigenvalue weighted by atomic mass is 10.2. The van der Waals surface area contributed by atoms with Gasteiger partial charge in [-0.3, -0.25) is 4.90 Å². The van der Waals surface area contributed by atoms with Crippen molar-refractivity contribution in [1.82, 2.24) is 4.90 Å². The summed E-state index contributed by atoms with van der Waals surface area (Å²) in [6.45, 7) is 2.55. The molecule has 1 aliphatic heterocycles. The van der Waals surface area contributed by atoms with Gasteiger partial charge in [-0.05, 0) is 31.5 Å². The molecule has 0 bridgehead atoms. The van der Waals surface area contributed by atoms with Gasteiger partial charge in [0.2, 0.25) is 0 Å². The average Bonchev–Trinajstić information content (AvgIpc) is 2.80. The molecular weight excluding hydrogens is 273 g/mol. The lowest BCUT2D eigenvalue weighted by Crippen LogP contribution is -2.35. The zero-order chi connectivity index (χ0) is 13.0. The summed E-state index contributed by atoms with van der Waals surface area (Å²) in [6.07, 6.45) is 2.20. The number of ether oxygens (including phenoxy) is 1. The van der Waals surface area contributed by atoms with Gasteiger partial charge in [0.25, 0.3) is 0 Å².